The molecule has 7 nitrogen and oxygen atoms in total. The molecule has 0 atom stereocenters. The molecule has 4 rings (SSSR count). The van der Waals surface area contributed by atoms with Crippen molar-refractivity contribution in [1.29, 1.82) is 5.26 Å². The third-order valence-electron chi connectivity index (χ3n) is 6.94. The number of hydrogen-bond acceptors (Lipinski definition) is 6. The van der Waals surface area contributed by atoms with E-state index >= 15 is 0 Å². The second kappa shape index (κ2) is 11.2. The number of hydrogen-bond donors (Lipinski definition) is 1. The van der Waals surface area contributed by atoms with Gasteiger partial charge in [-0.3, -0.25) is 9.69 Å². The summed E-state index contributed by atoms with van der Waals surface area (Å²) in [6.45, 7) is 10.8. The van der Waals surface area contributed by atoms with Gasteiger partial charge in [0.05, 0.1) is 24.3 Å². The van der Waals surface area contributed by atoms with Crippen LogP contribution >= 0.6 is 0 Å². The van der Waals surface area contributed by atoms with Crippen LogP contribution in [0.4, 0.5) is 5.82 Å². The van der Waals surface area contributed by atoms with E-state index in [0.717, 1.165) is 80.1 Å². The van der Waals surface area contributed by atoms with E-state index in [1.54, 1.807) is 0 Å². The predicted molar refractivity (Wildman–Crippen MR) is 137 cm³/mol. The van der Waals surface area contributed by atoms with Crippen LogP contribution in [0.5, 0.6) is 0 Å². The average molecular weight is 476 g/mol. The SMILES string of the molecule is CCCCc1nc(N2CCN(CC(=O)NCc3ccccc3)CC2)c(C#N)c2c1COC(C)(C)C2. The lowest BCUT2D eigenvalue weighted by Crippen LogP contribution is -2.50. The molecule has 0 unspecified atom stereocenters. The summed E-state index contributed by atoms with van der Waals surface area (Å²) in [5, 5.41) is 13.2. The highest BCUT2D eigenvalue weighted by molar-refractivity contribution is 5.78. The van der Waals surface area contributed by atoms with Crippen LogP contribution in [-0.2, 0) is 35.5 Å². The van der Waals surface area contributed by atoms with Gasteiger partial charge in [0.1, 0.15) is 11.9 Å². The lowest BCUT2D eigenvalue weighted by Gasteiger charge is -2.38. The maximum absolute atomic E-state index is 12.5. The topological polar surface area (TPSA) is 81.5 Å². The Bertz CT molecular complexity index is 1070. The Morgan fingerprint density at radius 3 is 2.60 bits per heavy atom. The Morgan fingerprint density at radius 1 is 1.17 bits per heavy atom. The minimum Gasteiger partial charge on any atom is -0.370 e. The first-order valence-corrected chi connectivity index (χ1v) is 12.8. The van der Waals surface area contributed by atoms with Gasteiger partial charge in [-0.1, -0.05) is 43.7 Å². The number of fused-ring (bicyclic) bond motifs is 1. The van der Waals surface area contributed by atoms with Crippen LogP contribution < -0.4 is 10.2 Å². The highest BCUT2D eigenvalue weighted by Crippen LogP contribution is 2.36. The molecule has 1 N–H and O–H groups in total. The summed E-state index contributed by atoms with van der Waals surface area (Å²) in [6, 6.07) is 12.4. The third kappa shape index (κ3) is 6.19. The number of pyridine rings is 1. The number of unbranched alkanes of at least 4 members (excludes halogenated alkanes) is 1. The van der Waals surface area contributed by atoms with Crippen LogP contribution in [0, 0.1) is 11.3 Å². The van der Waals surface area contributed by atoms with Gasteiger partial charge in [0, 0.05) is 50.4 Å². The maximum atomic E-state index is 12.5. The van der Waals surface area contributed by atoms with Crippen molar-refractivity contribution in [3.8, 4) is 6.07 Å². The van der Waals surface area contributed by atoms with Crippen LogP contribution in [0.15, 0.2) is 30.3 Å². The van der Waals surface area contributed by atoms with Gasteiger partial charge in [0.2, 0.25) is 5.91 Å². The number of aryl methyl sites for hydroxylation is 1. The maximum Gasteiger partial charge on any atom is 0.234 e. The molecule has 0 aliphatic carbocycles. The number of anilines is 1. The fourth-order valence-corrected chi connectivity index (χ4v) is 4.89. The van der Waals surface area contributed by atoms with E-state index in [0.29, 0.717) is 25.3 Å². The van der Waals surface area contributed by atoms with Crippen LogP contribution in [-0.4, -0.2) is 54.1 Å². The molecular weight excluding hydrogens is 438 g/mol. The molecule has 0 saturated carbocycles. The second-order valence-electron chi connectivity index (χ2n) is 10.2. The minimum atomic E-state index is -0.287. The van der Waals surface area contributed by atoms with Gasteiger partial charge in [0.15, 0.2) is 0 Å². The first kappa shape index (κ1) is 25.2. The number of nitrogens with one attached hydrogen (secondary N) is 1. The number of carbonyl (C=O) groups excluding carboxylic acids is 1. The van der Waals surface area contributed by atoms with Crippen molar-refractivity contribution < 1.29 is 9.53 Å². The molecule has 0 radical (unpaired) electrons. The van der Waals surface area contributed by atoms with Gasteiger partial charge in [-0.25, -0.2) is 4.98 Å². The van der Waals surface area contributed by atoms with Crippen molar-refractivity contribution in [2.24, 2.45) is 0 Å². The van der Waals surface area contributed by atoms with Crippen LogP contribution in [0.1, 0.15) is 61.6 Å². The number of carbonyl (C=O) groups is 1. The van der Waals surface area contributed by atoms with E-state index in [4.69, 9.17) is 9.72 Å². The Kier molecular flexibility index (Phi) is 8.04. The van der Waals surface area contributed by atoms with Gasteiger partial charge in [-0.05, 0) is 37.8 Å². The van der Waals surface area contributed by atoms with Crippen molar-refractivity contribution >= 4 is 11.7 Å². The monoisotopic (exact) mass is 475 g/mol. The van der Waals surface area contributed by atoms with E-state index in [1.165, 1.54) is 0 Å². The summed E-state index contributed by atoms with van der Waals surface area (Å²) in [5.41, 5.74) is 4.82. The molecule has 2 aliphatic rings. The van der Waals surface area contributed by atoms with Crippen molar-refractivity contribution in [2.75, 3.05) is 37.6 Å². The summed E-state index contributed by atoms with van der Waals surface area (Å²) in [4.78, 5) is 21.9. The Morgan fingerprint density at radius 2 is 1.91 bits per heavy atom. The number of benzene rings is 1. The van der Waals surface area contributed by atoms with Crippen molar-refractivity contribution in [3.05, 3.63) is 58.3 Å². The molecule has 7 heteroatoms. The molecule has 3 heterocycles. The van der Waals surface area contributed by atoms with Crippen LogP contribution in [0.2, 0.25) is 0 Å². The van der Waals surface area contributed by atoms with Gasteiger partial charge >= 0.3 is 0 Å². The molecular formula is C28H37N5O2. The lowest BCUT2D eigenvalue weighted by molar-refractivity contribution is -0.122. The van der Waals surface area contributed by atoms with Crippen molar-refractivity contribution in [2.45, 2.75) is 65.2 Å². The zero-order chi connectivity index (χ0) is 24.8. The second-order valence-corrected chi connectivity index (χ2v) is 10.2. The van der Waals surface area contributed by atoms with E-state index < -0.39 is 0 Å². The lowest BCUT2D eigenvalue weighted by atomic mass is 9.87. The van der Waals surface area contributed by atoms with E-state index in [9.17, 15) is 10.1 Å². The van der Waals surface area contributed by atoms with E-state index in [-0.39, 0.29) is 11.5 Å². The van der Waals surface area contributed by atoms with Gasteiger partial charge in [-0.15, -0.1) is 0 Å². The van der Waals surface area contributed by atoms with Gasteiger partial charge in [-0.2, -0.15) is 5.26 Å². The molecule has 0 spiro atoms. The fourth-order valence-electron chi connectivity index (χ4n) is 4.89. The molecule has 0 bridgehead atoms. The van der Waals surface area contributed by atoms with Gasteiger partial charge < -0.3 is 15.0 Å². The first-order valence-electron chi connectivity index (χ1n) is 12.8. The number of rotatable bonds is 8. The summed E-state index contributed by atoms with van der Waals surface area (Å²) in [6.07, 6.45) is 3.80. The number of nitriles is 1. The van der Waals surface area contributed by atoms with E-state index in [2.05, 4.69) is 42.0 Å². The van der Waals surface area contributed by atoms with E-state index in [1.807, 2.05) is 30.3 Å². The Hall–Kier alpha value is -2.95. The molecule has 1 aromatic heterocycles. The normalized spacial score (nSPS) is 17.5. The average Bonchev–Trinajstić information content (AvgIpc) is 2.86. The summed E-state index contributed by atoms with van der Waals surface area (Å²) in [5.74, 6) is 0.847. The first-order chi connectivity index (χ1) is 16.9. The number of aromatic nitrogens is 1. The van der Waals surface area contributed by atoms with Crippen LogP contribution in [0.25, 0.3) is 0 Å². The Labute approximate surface area is 209 Å². The van der Waals surface area contributed by atoms with Crippen molar-refractivity contribution in [1.82, 2.24) is 15.2 Å². The highest BCUT2D eigenvalue weighted by Gasteiger charge is 2.33. The number of piperazine rings is 1. The molecule has 1 aromatic carbocycles. The third-order valence-corrected chi connectivity index (χ3v) is 6.94. The molecule has 2 aromatic rings. The highest BCUT2D eigenvalue weighted by atomic mass is 16.5. The Balaban J connectivity index is 1.44. The molecule has 1 saturated heterocycles. The summed E-state index contributed by atoms with van der Waals surface area (Å²) < 4.78 is 6.09. The molecule has 1 amide bonds. The summed E-state index contributed by atoms with van der Waals surface area (Å²) >= 11 is 0. The molecule has 186 valence electrons. The number of amides is 1. The zero-order valence-electron chi connectivity index (χ0n) is 21.3. The predicted octanol–water partition coefficient (Wildman–Crippen LogP) is 3.59. The zero-order valence-corrected chi connectivity index (χ0v) is 21.3. The van der Waals surface area contributed by atoms with Gasteiger partial charge in [0.25, 0.3) is 0 Å². The number of nitrogens with zero attached hydrogens (tertiary/aromatic N) is 4. The number of ether oxygens (including phenoxy) is 1. The van der Waals surface area contributed by atoms with Crippen LogP contribution in [0.3, 0.4) is 0 Å². The molecule has 1 fully saturated rings. The minimum absolute atomic E-state index is 0.0380. The fraction of sp³-hybridized carbons (Fsp3) is 0.536. The van der Waals surface area contributed by atoms with Crippen molar-refractivity contribution in [3.63, 3.8) is 0 Å². The quantitative estimate of drug-likeness (QED) is 0.629. The standard InChI is InChI=1S/C28H37N5O2/c1-4-5-11-25-24-20-35-28(2,3)16-22(24)23(17-29)27(31-25)33-14-12-32(13-15-33)19-26(34)30-18-21-9-7-6-8-10-21/h6-10H,4-5,11-16,18-20H2,1-3H3,(H,30,34). The smallest absolute Gasteiger partial charge is 0.234 e. The molecule has 2 aliphatic heterocycles. The summed E-state index contributed by atoms with van der Waals surface area (Å²) in [7, 11) is 0. The largest absolute Gasteiger partial charge is 0.370 e. The molecule has 35 heavy (non-hydrogen) atoms.